The summed E-state index contributed by atoms with van der Waals surface area (Å²) in [4.78, 5) is 18.7. The maximum atomic E-state index is 12.4. The number of hydrogen-bond acceptors (Lipinski definition) is 2. The largest absolute Gasteiger partial charge is 0.338 e. The van der Waals surface area contributed by atoms with Crippen molar-refractivity contribution in [3.63, 3.8) is 0 Å². The third kappa shape index (κ3) is 3.95. The lowest BCUT2D eigenvalue weighted by atomic mass is 9.71. The first-order valence-corrected chi connectivity index (χ1v) is 8.84. The molecule has 0 bridgehead atoms. The van der Waals surface area contributed by atoms with Gasteiger partial charge in [-0.15, -0.1) is 0 Å². The number of nitrogens with zero attached hydrogens (tertiary/aromatic N) is 3. The van der Waals surface area contributed by atoms with Gasteiger partial charge in [0.25, 0.3) is 0 Å². The summed E-state index contributed by atoms with van der Waals surface area (Å²) in [7, 11) is 0. The number of rotatable bonds is 4. The van der Waals surface area contributed by atoms with Crippen molar-refractivity contribution in [2.75, 3.05) is 19.6 Å². The minimum atomic E-state index is 0.112. The van der Waals surface area contributed by atoms with Gasteiger partial charge in [0.05, 0.1) is 0 Å². The summed E-state index contributed by atoms with van der Waals surface area (Å²) in [5.74, 6) is 1.03. The van der Waals surface area contributed by atoms with Crippen LogP contribution < -0.4 is 5.32 Å². The van der Waals surface area contributed by atoms with E-state index in [2.05, 4.69) is 27.0 Å². The van der Waals surface area contributed by atoms with Crippen LogP contribution in [0.25, 0.3) is 0 Å². The maximum absolute atomic E-state index is 12.4. The van der Waals surface area contributed by atoms with Crippen molar-refractivity contribution < 1.29 is 4.79 Å². The number of amides is 2. The average Bonchev–Trinajstić information content (AvgIpc) is 2.97. The molecule has 0 saturated carbocycles. The van der Waals surface area contributed by atoms with E-state index in [1.807, 2.05) is 24.2 Å². The summed E-state index contributed by atoms with van der Waals surface area (Å²) in [5, 5.41) is 3.09. The smallest absolute Gasteiger partial charge is 0.317 e. The number of carbonyl (C=O) groups excluding carboxylic acids is 1. The van der Waals surface area contributed by atoms with Gasteiger partial charge >= 0.3 is 6.03 Å². The molecule has 1 spiro atoms. The lowest BCUT2D eigenvalue weighted by Gasteiger charge is -2.43. The van der Waals surface area contributed by atoms with Gasteiger partial charge in [-0.1, -0.05) is 12.2 Å². The second-order valence-corrected chi connectivity index (χ2v) is 6.99. The van der Waals surface area contributed by atoms with Gasteiger partial charge in [-0.25, -0.2) is 9.78 Å². The summed E-state index contributed by atoms with van der Waals surface area (Å²) in [6, 6.07) is 0.112. The van der Waals surface area contributed by atoms with Gasteiger partial charge in [0.15, 0.2) is 0 Å². The molecule has 1 aliphatic heterocycles. The highest BCUT2D eigenvalue weighted by Crippen LogP contribution is 2.40. The minimum Gasteiger partial charge on any atom is -0.338 e. The number of carbonyl (C=O) groups is 1. The van der Waals surface area contributed by atoms with Crippen molar-refractivity contribution >= 4 is 6.03 Å². The number of hydrogen-bond donors (Lipinski definition) is 1. The van der Waals surface area contributed by atoms with Crippen LogP contribution in [-0.4, -0.2) is 40.1 Å². The molecule has 1 saturated heterocycles. The molecule has 1 aliphatic carbocycles. The molecule has 5 heteroatoms. The fourth-order valence-electron chi connectivity index (χ4n) is 3.89. The molecule has 0 radical (unpaired) electrons. The highest BCUT2D eigenvalue weighted by atomic mass is 16.2. The van der Waals surface area contributed by atoms with Gasteiger partial charge in [0.2, 0.25) is 0 Å². The number of imidazole rings is 1. The van der Waals surface area contributed by atoms with E-state index in [0.717, 1.165) is 51.3 Å². The lowest BCUT2D eigenvalue weighted by Crippen LogP contribution is -2.50. The highest BCUT2D eigenvalue weighted by Gasteiger charge is 2.36. The Bertz CT molecular complexity index is 565. The van der Waals surface area contributed by atoms with Crippen LogP contribution in [0.1, 0.15) is 44.3 Å². The van der Waals surface area contributed by atoms with Crippen LogP contribution in [0, 0.1) is 12.3 Å². The van der Waals surface area contributed by atoms with Crippen LogP contribution in [0.3, 0.4) is 0 Å². The van der Waals surface area contributed by atoms with E-state index in [1.54, 1.807) is 0 Å². The molecule has 1 aromatic heterocycles. The number of urea groups is 1. The van der Waals surface area contributed by atoms with Crippen molar-refractivity contribution in [2.45, 2.75) is 52.0 Å². The number of nitrogens with one attached hydrogen (secondary N) is 1. The van der Waals surface area contributed by atoms with Crippen LogP contribution in [0.4, 0.5) is 4.79 Å². The molecule has 2 aliphatic rings. The van der Waals surface area contributed by atoms with Crippen LogP contribution >= 0.6 is 0 Å². The Morgan fingerprint density at radius 2 is 2.30 bits per heavy atom. The normalized spacial score (nSPS) is 24.1. The van der Waals surface area contributed by atoms with E-state index in [0.29, 0.717) is 5.41 Å². The van der Waals surface area contributed by atoms with Crippen molar-refractivity contribution in [3.05, 3.63) is 30.4 Å². The van der Waals surface area contributed by atoms with E-state index in [1.165, 1.54) is 19.3 Å². The molecule has 3 rings (SSSR count). The number of piperidine rings is 1. The third-order valence-corrected chi connectivity index (χ3v) is 5.28. The van der Waals surface area contributed by atoms with Crippen molar-refractivity contribution in [2.24, 2.45) is 5.41 Å². The summed E-state index contributed by atoms with van der Waals surface area (Å²) in [5.41, 5.74) is 0.345. The highest BCUT2D eigenvalue weighted by molar-refractivity contribution is 5.74. The molecule has 0 aromatic carbocycles. The number of aromatic nitrogens is 2. The van der Waals surface area contributed by atoms with Gasteiger partial charge in [-0.05, 0) is 50.9 Å². The molecule has 1 fully saturated rings. The third-order valence-electron chi connectivity index (χ3n) is 5.28. The Morgan fingerprint density at radius 1 is 1.39 bits per heavy atom. The van der Waals surface area contributed by atoms with Gasteiger partial charge in [-0.2, -0.15) is 0 Å². The SMILES string of the molecule is Cc1nccn1CCCNC(=O)N1CCC[C@@]2(CC=CCC2)C1. The summed E-state index contributed by atoms with van der Waals surface area (Å²) >= 11 is 0. The standard InChI is InChI=1S/C18H28N4O/c1-16-19-11-14-21(16)13-6-10-20-17(23)22-12-5-9-18(15-22)7-3-2-4-8-18/h2-3,11,14H,4-10,12-13,15H2,1H3,(H,20,23)/t18-/m0/s1. The van der Waals surface area contributed by atoms with Gasteiger partial charge < -0.3 is 14.8 Å². The number of allylic oxidation sites excluding steroid dienone is 2. The van der Waals surface area contributed by atoms with E-state index in [9.17, 15) is 4.79 Å². The minimum absolute atomic E-state index is 0.112. The first-order chi connectivity index (χ1) is 11.2. The molecule has 1 atom stereocenters. The second-order valence-electron chi connectivity index (χ2n) is 6.99. The van der Waals surface area contributed by atoms with E-state index in [4.69, 9.17) is 0 Å². The first kappa shape index (κ1) is 16.1. The monoisotopic (exact) mass is 316 g/mol. The molecule has 2 heterocycles. The van der Waals surface area contributed by atoms with Crippen LogP contribution in [0.2, 0.25) is 0 Å². The zero-order valence-electron chi connectivity index (χ0n) is 14.1. The Hall–Kier alpha value is -1.78. The molecule has 5 nitrogen and oxygen atoms in total. The second kappa shape index (κ2) is 7.20. The van der Waals surface area contributed by atoms with Gasteiger partial charge in [0, 0.05) is 38.6 Å². The molecule has 2 amide bonds. The Balaban J connectivity index is 1.43. The molecular formula is C18H28N4O. The Kier molecular flexibility index (Phi) is 5.03. The number of aryl methyl sites for hydroxylation is 2. The first-order valence-electron chi connectivity index (χ1n) is 8.84. The molecule has 1 aromatic rings. The van der Waals surface area contributed by atoms with E-state index < -0.39 is 0 Å². The predicted molar refractivity (Wildman–Crippen MR) is 91.2 cm³/mol. The van der Waals surface area contributed by atoms with Crippen molar-refractivity contribution in [1.82, 2.24) is 19.8 Å². The fraction of sp³-hybridized carbons (Fsp3) is 0.667. The van der Waals surface area contributed by atoms with Gasteiger partial charge in [0.1, 0.15) is 5.82 Å². The zero-order chi connectivity index (χ0) is 16.1. The Labute approximate surface area is 138 Å². The summed E-state index contributed by atoms with van der Waals surface area (Å²) in [6.07, 6.45) is 15.3. The quantitative estimate of drug-likeness (QED) is 0.685. The summed E-state index contributed by atoms with van der Waals surface area (Å²) in [6.45, 7) is 5.45. The molecule has 23 heavy (non-hydrogen) atoms. The number of likely N-dealkylation sites (tertiary alicyclic amines) is 1. The molecule has 126 valence electrons. The van der Waals surface area contributed by atoms with Crippen LogP contribution in [-0.2, 0) is 6.54 Å². The average molecular weight is 316 g/mol. The lowest BCUT2D eigenvalue weighted by molar-refractivity contribution is 0.0960. The molecule has 0 unspecified atom stereocenters. The van der Waals surface area contributed by atoms with Gasteiger partial charge in [-0.3, -0.25) is 0 Å². The van der Waals surface area contributed by atoms with E-state index in [-0.39, 0.29) is 6.03 Å². The zero-order valence-corrected chi connectivity index (χ0v) is 14.1. The molecule has 1 N–H and O–H groups in total. The Morgan fingerprint density at radius 3 is 3.04 bits per heavy atom. The van der Waals surface area contributed by atoms with Crippen molar-refractivity contribution in [1.29, 1.82) is 0 Å². The van der Waals surface area contributed by atoms with Crippen LogP contribution in [0.15, 0.2) is 24.5 Å². The predicted octanol–water partition coefficient (Wildman–Crippen LogP) is 3.11. The molecular weight excluding hydrogens is 288 g/mol. The van der Waals surface area contributed by atoms with Crippen molar-refractivity contribution in [3.8, 4) is 0 Å². The van der Waals surface area contributed by atoms with E-state index >= 15 is 0 Å². The maximum Gasteiger partial charge on any atom is 0.317 e. The van der Waals surface area contributed by atoms with Crippen LogP contribution in [0.5, 0.6) is 0 Å². The fourth-order valence-corrected chi connectivity index (χ4v) is 3.89. The topological polar surface area (TPSA) is 50.2 Å². The summed E-state index contributed by atoms with van der Waals surface area (Å²) < 4.78 is 2.12.